The van der Waals surface area contributed by atoms with Gasteiger partial charge in [0.2, 0.25) is 0 Å². The van der Waals surface area contributed by atoms with Crippen LogP contribution in [0.4, 0.5) is 5.69 Å². The number of methoxy groups -OCH3 is 2. The third kappa shape index (κ3) is 3.10. The number of hydrogen-bond donors (Lipinski definition) is 0. The molecule has 29 heavy (non-hydrogen) atoms. The lowest BCUT2D eigenvalue weighted by Gasteiger charge is -2.22. The second-order valence-electron chi connectivity index (χ2n) is 7.17. The Balaban J connectivity index is 1.63. The Hall–Kier alpha value is -3.42. The maximum atomic E-state index is 13.2. The summed E-state index contributed by atoms with van der Waals surface area (Å²) >= 11 is 0. The van der Waals surface area contributed by atoms with E-state index in [0.29, 0.717) is 23.7 Å². The van der Waals surface area contributed by atoms with Crippen molar-refractivity contribution in [3.05, 3.63) is 53.1 Å². The normalized spacial score (nSPS) is 20.4. The van der Waals surface area contributed by atoms with Gasteiger partial charge in [-0.1, -0.05) is 29.0 Å². The number of rotatable bonds is 5. The fourth-order valence-electron chi connectivity index (χ4n) is 3.72. The molecule has 2 amide bonds. The molecule has 0 bridgehead atoms. The highest BCUT2D eigenvalue weighted by atomic mass is 16.5. The summed E-state index contributed by atoms with van der Waals surface area (Å²) in [5, 5.41) is 9.82. The van der Waals surface area contributed by atoms with Gasteiger partial charge >= 0.3 is 0 Å². The minimum absolute atomic E-state index is 0.345. The summed E-state index contributed by atoms with van der Waals surface area (Å²) in [6.45, 7) is 4.44. The zero-order valence-electron chi connectivity index (χ0n) is 16.7. The molecule has 0 saturated carbocycles. The third-order valence-electron chi connectivity index (χ3n) is 5.32. The zero-order chi connectivity index (χ0) is 20.7. The Bertz CT molecular complexity index is 1020. The Morgan fingerprint density at radius 3 is 2.45 bits per heavy atom. The molecule has 1 fully saturated rings. The maximum absolute atomic E-state index is 13.2. The molecule has 0 radical (unpaired) electrons. The molecule has 2 aliphatic rings. The van der Waals surface area contributed by atoms with E-state index < -0.39 is 12.1 Å². The number of imide groups is 1. The minimum Gasteiger partial charge on any atom is -0.493 e. The SMILES string of the molecule is COc1ccc(N2C(=O)[C@H]3N=NN(Cc4cc(C)ccc4C)[C@@H]3C2=O)cc1OC. The van der Waals surface area contributed by atoms with E-state index in [0.717, 1.165) is 21.6 Å². The summed E-state index contributed by atoms with van der Waals surface area (Å²) in [4.78, 5) is 27.3. The summed E-state index contributed by atoms with van der Waals surface area (Å²) in [5.41, 5.74) is 3.70. The monoisotopic (exact) mass is 394 g/mol. The van der Waals surface area contributed by atoms with Gasteiger partial charge in [-0.25, -0.2) is 4.90 Å². The van der Waals surface area contributed by atoms with E-state index in [-0.39, 0.29) is 11.8 Å². The second-order valence-corrected chi connectivity index (χ2v) is 7.17. The molecule has 2 atom stereocenters. The van der Waals surface area contributed by atoms with Crippen molar-refractivity contribution in [2.24, 2.45) is 10.3 Å². The molecule has 1 saturated heterocycles. The number of amides is 2. The Labute approximate surface area is 168 Å². The van der Waals surface area contributed by atoms with Gasteiger partial charge < -0.3 is 9.47 Å². The summed E-state index contributed by atoms with van der Waals surface area (Å²) in [6.07, 6.45) is 0. The average molecular weight is 394 g/mol. The number of anilines is 1. The van der Waals surface area contributed by atoms with Crippen LogP contribution in [0, 0.1) is 13.8 Å². The molecule has 0 spiro atoms. The number of nitrogens with zero attached hydrogens (tertiary/aromatic N) is 4. The van der Waals surface area contributed by atoms with E-state index in [1.165, 1.54) is 14.2 Å². The van der Waals surface area contributed by atoms with E-state index in [9.17, 15) is 9.59 Å². The van der Waals surface area contributed by atoms with Crippen LogP contribution in [0.5, 0.6) is 11.5 Å². The summed E-state index contributed by atoms with van der Waals surface area (Å²) in [6, 6.07) is 9.50. The number of benzene rings is 2. The third-order valence-corrected chi connectivity index (χ3v) is 5.32. The van der Waals surface area contributed by atoms with Crippen LogP contribution in [-0.2, 0) is 16.1 Å². The molecule has 2 heterocycles. The number of aryl methyl sites for hydroxylation is 2. The number of carbonyl (C=O) groups excluding carboxylic acids is 2. The molecule has 0 aromatic heterocycles. The molecule has 0 aliphatic carbocycles. The van der Waals surface area contributed by atoms with Crippen LogP contribution in [0.15, 0.2) is 46.7 Å². The van der Waals surface area contributed by atoms with E-state index in [1.807, 2.05) is 26.0 Å². The molecule has 8 nitrogen and oxygen atoms in total. The van der Waals surface area contributed by atoms with Crippen LogP contribution in [0.3, 0.4) is 0 Å². The van der Waals surface area contributed by atoms with Gasteiger partial charge in [0.05, 0.1) is 26.5 Å². The molecule has 2 aromatic rings. The van der Waals surface area contributed by atoms with Gasteiger partial charge in [0.1, 0.15) is 0 Å². The highest BCUT2D eigenvalue weighted by Crippen LogP contribution is 2.37. The molecule has 8 heteroatoms. The average Bonchev–Trinajstić information content (AvgIpc) is 3.24. The first-order chi connectivity index (χ1) is 13.9. The number of hydrogen-bond acceptors (Lipinski definition) is 7. The van der Waals surface area contributed by atoms with Crippen LogP contribution in [0.1, 0.15) is 16.7 Å². The highest BCUT2D eigenvalue weighted by Gasteiger charge is 2.54. The van der Waals surface area contributed by atoms with Crippen molar-refractivity contribution in [3.8, 4) is 11.5 Å². The van der Waals surface area contributed by atoms with Crippen LogP contribution < -0.4 is 14.4 Å². The maximum Gasteiger partial charge on any atom is 0.263 e. The van der Waals surface area contributed by atoms with Crippen LogP contribution >= 0.6 is 0 Å². The summed E-state index contributed by atoms with van der Waals surface area (Å²) < 4.78 is 10.5. The van der Waals surface area contributed by atoms with Gasteiger partial charge in [-0.3, -0.25) is 14.6 Å². The van der Waals surface area contributed by atoms with E-state index in [2.05, 4.69) is 16.4 Å². The minimum atomic E-state index is -0.833. The summed E-state index contributed by atoms with van der Waals surface area (Å²) in [7, 11) is 3.03. The second kappa shape index (κ2) is 7.20. The molecule has 2 aliphatic heterocycles. The molecule has 0 N–H and O–H groups in total. The standard InChI is InChI=1S/C21H22N4O4/c1-12-5-6-13(2)14(9-12)11-24-19-18(22-23-24)20(26)25(21(19)27)15-7-8-16(28-3)17(10-15)29-4/h5-10,18-19H,11H2,1-4H3/t18-,19-/m0/s1. The predicted octanol–water partition coefficient (Wildman–Crippen LogP) is 2.81. The Kier molecular flexibility index (Phi) is 4.70. The molecule has 2 aromatic carbocycles. The quantitative estimate of drug-likeness (QED) is 0.728. The Morgan fingerprint density at radius 2 is 1.72 bits per heavy atom. The first kappa shape index (κ1) is 18.9. The lowest BCUT2D eigenvalue weighted by molar-refractivity contribution is -0.123. The van der Waals surface area contributed by atoms with Gasteiger partial charge in [-0.05, 0) is 37.1 Å². The fourth-order valence-corrected chi connectivity index (χ4v) is 3.72. The van der Waals surface area contributed by atoms with Gasteiger partial charge in [0, 0.05) is 6.07 Å². The van der Waals surface area contributed by atoms with Crippen molar-refractivity contribution in [2.45, 2.75) is 32.5 Å². The molecule has 4 rings (SSSR count). The lowest BCUT2D eigenvalue weighted by Crippen LogP contribution is -2.39. The Morgan fingerprint density at radius 1 is 0.966 bits per heavy atom. The number of fused-ring (bicyclic) bond motifs is 1. The van der Waals surface area contributed by atoms with Crippen LogP contribution in [-0.4, -0.2) is 43.1 Å². The van der Waals surface area contributed by atoms with Crippen molar-refractivity contribution in [3.63, 3.8) is 0 Å². The topological polar surface area (TPSA) is 83.8 Å². The van der Waals surface area contributed by atoms with Gasteiger partial charge in [-0.15, -0.1) is 0 Å². The molecular weight excluding hydrogens is 372 g/mol. The van der Waals surface area contributed by atoms with Crippen molar-refractivity contribution < 1.29 is 19.1 Å². The van der Waals surface area contributed by atoms with Crippen LogP contribution in [0.2, 0.25) is 0 Å². The van der Waals surface area contributed by atoms with Gasteiger partial charge in [0.25, 0.3) is 11.8 Å². The van der Waals surface area contributed by atoms with Crippen molar-refractivity contribution >= 4 is 17.5 Å². The number of carbonyl (C=O) groups is 2. The van der Waals surface area contributed by atoms with Gasteiger partial charge in [0.15, 0.2) is 23.6 Å². The van der Waals surface area contributed by atoms with E-state index >= 15 is 0 Å². The van der Waals surface area contributed by atoms with Gasteiger partial charge in [-0.2, -0.15) is 5.11 Å². The van der Waals surface area contributed by atoms with Crippen LogP contribution in [0.25, 0.3) is 0 Å². The molecule has 0 unspecified atom stereocenters. The first-order valence-electron chi connectivity index (χ1n) is 9.28. The molecular formula is C21H22N4O4. The summed E-state index contributed by atoms with van der Waals surface area (Å²) in [5.74, 6) is 0.227. The zero-order valence-corrected chi connectivity index (χ0v) is 16.7. The first-order valence-corrected chi connectivity index (χ1v) is 9.28. The molecule has 150 valence electrons. The van der Waals surface area contributed by atoms with Crippen molar-refractivity contribution in [2.75, 3.05) is 19.1 Å². The lowest BCUT2D eigenvalue weighted by atomic mass is 10.0. The smallest absolute Gasteiger partial charge is 0.263 e. The van der Waals surface area contributed by atoms with E-state index in [4.69, 9.17) is 9.47 Å². The van der Waals surface area contributed by atoms with Crippen molar-refractivity contribution in [1.29, 1.82) is 0 Å². The number of ether oxygens (including phenoxy) is 2. The fraction of sp³-hybridized carbons (Fsp3) is 0.333. The predicted molar refractivity (Wildman–Crippen MR) is 106 cm³/mol. The largest absolute Gasteiger partial charge is 0.493 e. The highest BCUT2D eigenvalue weighted by molar-refractivity contribution is 6.25. The van der Waals surface area contributed by atoms with E-state index in [1.54, 1.807) is 23.2 Å². The van der Waals surface area contributed by atoms with Crippen molar-refractivity contribution in [1.82, 2.24) is 5.01 Å².